The summed E-state index contributed by atoms with van der Waals surface area (Å²) < 4.78 is 5.41. The standard InChI is InChI=1S/C15H23NO4/c1-9-3-4-10(2)11(5-9)6-16-7-12-14(18)15(19)13(8-17)20-12/h3-5,12-19H,6-8H2,1-2H3/t12-,13-,14-,15-/m1/s1. The van der Waals surface area contributed by atoms with E-state index in [4.69, 9.17) is 9.84 Å². The molecule has 1 aliphatic heterocycles. The summed E-state index contributed by atoms with van der Waals surface area (Å²) >= 11 is 0. The summed E-state index contributed by atoms with van der Waals surface area (Å²) in [6.45, 7) is 4.94. The summed E-state index contributed by atoms with van der Waals surface area (Å²) in [5.74, 6) is 0. The van der Waals surface area contributed by atoms with Gasteiger partial charge in [-0.3, -0.25) is 0 Å². The van der Waals surface area contributed by atoms with Crippen LogP contribution in [-0.4, -0.2) is 52.9 Å². The highest BCUT2D eigenvalue weighted by molar-refractivity contribution is 5.30. The highest BCUT2D eigenvalue weighted by Crippen LogP contribution is 2.20. The van der Waals surface area contributed by atoms with Gasteiger partial charge in [-0.2, -0.15) is 0 Å². The zero-order valence-corrected chi connectivity index (χ0v) is 11.9. The number of aliphatic hydroxyl groups is 3. The van der Waals surface area contributed by atoms with Crippen molar-refractivity contribution in [2.75, 3.05) is 13.2 Å². The van der Waals surface area contributed by atoms with Crippen LogP contribution < -0.4 is 5.32 Å². The highest BCUT2D eigenvalue weighted by atomic mass is 16.6. The molecule has 0 unspecified atom stereocenters. The van der Waals surface area contributed by atoms with Crippen LogP contribution in [0.1, 0.15) is 16.7 Å². The molecule has 1 saturated heterocycles. The van der Waals surface area contributed by atoms with Gasteiger partial charge in [0, 0.05) is 13.1 Å². The second-order valence-electron chi connectivity index (χ2n) is 5.44. The van der Waals surface area contributed by atoms with E-state index >= 15 is 0 Å². The van der Waals surface area contributed by atoms with Crippen molar-refractivity contribution in [3.63, 3.8) is 0 Å². The molecule has 4 atom stereocenters. The van der Waals surface area contributed by atoms with Crippen molar-refractivity contribution >= 4 is 0 Å². The normalized spacial score (nSPS) is 29.9. The predicted octanol–water partition coefficient (Wildman–Crippen LogP) is -0.125. The topological polar surface area (TPSA) is 82.0 Å². The van der Waals surface area contributed by atoms with E-state index in [2.05, 4.69) is 37.4 Å². The Balaban J connectivity index is 1.86. The maximum absolute atomic E-state index is 9.83. The number of aliphatic hydroxyl groups excluding tert-OH is 3. The molecule has 0 saturated carbocycles. The van der Waals surface area contributed by atoms with Gasteiger partial charge in [0.25, 0.3) is 0 Å². The molecule has 0 amide bonds. The van der Waals surface area contributed by atoms with E-state index in [0.29, 0.717) is 13.1 Å². The largest absolute Gasteiger partial charge is 0.394 e. The van der Waals surface area contributed by atoms with Gasteiger partial charge in [0.05, 0.1) is 12.7 Å². The zero-order valence-electron chi connectivity index (χ0n) is 11.9. The molecule has 20 heavy (non-hydrogen) atoms. The molecule has 1 aliphatic rings. The molecular weight excluding hydrogens is 258 g/mol. The van der Waals surface area contributed by atoms with E-state index < -0.39 is 24.4 Å². The lowest BCUT2D eigenvalue weighted by Crippen LogP contribution is -2.38. The van der Waals surface area contributed by atoms with Crippen LogP contribution in [0.25, 0.3) is 0 Å². The van der Waals surface area contributed by atoms with Crippen LogP contribution in [0.2, 0.25) is 0 Å². The van der Waals surface area contributed by atoms with Gasteiger partial charge in [-0.15, -0.1) is 0 Å². The third-order valence-corrected chi connectivity index (χ3v) is 3.81. The van der Waals surface area contributed by atoms with E-state index in [9.17, 15) is 10.2 Å². The van der Waals surface area contributed by atoms with E-state index in [1.54, 1.807) is 0 Å². The molecule has 1 fully saturated rings. The van der Waals surface area contributed by atoms with Crippen molar-refractivity contribution < 1.29 is 20.1 Å². The van der Waals surface area contributed by atoms with E-state index in [1.165, 1.54) is 16.7 Å². The lowest BCUT2D eigenvalue weighted by molar-refractivity contribution is -0.0213. The minimum absolute atomic E-state index is 0.286. The second kappa shape index (κ2) is 6.65. The van der Waals surface area contributed by atoms with Crippen LogP contribution in [0.5, 0.6) is 0 Å². The average molecular weight is 281 g/mol. The Labute approximate surface area is 119 Å². The van der Waals surface area contributed by atoms with Crippen LogP contribution in [0, 0.1) is 13.8 Å². The molecule has 2 rings (SSSR count). The zero-order chi connectivity index (χ0) is 14.7. The molecule has 1 heterocycles. The number of nitrogens with one attached hydrogen (secondary N) is 1. The third kappa shape index (κ3) is 3.37. The first-order valence-electron chi connectivity index (χ1n) is 6.92. The first-order valence-corrected chi connectivity index (χ1v) is 6.92. The smallest absolute Gasteiger partial charge is 0.111 e. The van der Waals surface area contributed by atoms with Gasteiger partial charge in [0.15, 0.2) is 0 Å². The number of aryl methyl sites for hydroxylation is 2. The van der Waals surface area contributed by atoms with Gasteiger partial charge >= 0.3 is 0 Å². The molecule has 4 N–H and O–H groups in total. The van der Waals surface area contributed by atoms with E-state index in [-0.39, 0.29) is 6.61 Å². The minimum atomic E-state index is -1.02. The molecule has 0 bridgehead atoms. The van der Waals surface area contributed by atoms with Crippen LogP contribution >= 0.6 is 0 Å². The predicted molar refractivity (Wildman–Crippen MR) is 75.4 cm³/mol. The highest BCUT2D eigenvalue weighted by Gasteiger charge is 2.41. The fourth-order valence-corrected chi connectivity index (χ4v) is 2.49. The molecule has 0 aromatic heterocycles. The Morgan fingerprint density at radius 2 is 1.85 bits per heavy atom. The summed E-state index contributed by atoms with van der Waals surface area (Å²) in [7, 11) is 0. The molecule has 112 valence electrons. The first-order chi connectivity index (χ1) is 9.52. The molecule has 0 spiro atoms. The molecule has 5 nitrogen and oxygen atoms in total. The summed E-state index contributed by atoms with van der Waals surface area (Å²) in [6.07, 6.45) is -3.17. The van der Waals surface area contributed by atoms with Crippen LogP contribution in [0.3, 0.4) is 0 Å². The Kier molecular flexibility index (Phi) is 5.12. The van der Waals surface area contributed by atoms with Crippen LogP contribution in [0.15, 0.2) is 18.2 Å². The summed E-state index contributed by atoms with van der Waals surface area (Å²) in [4.78, 5) is 0. The summed E-state index contributed by atoms with van der Waals surface area (Å²) in [6, 6.07) is 6.28. The summed E-state index contributed by atoms with van der Waals surface area (Å²) in [5, 5.41) is 31.7. The van der Waals surface area contributed by atoms with Gasteiger partial charge in [-0.1, -0.05) is 23.8 Å². The Morgan fingerprint density at radius 3 is 2.50 bits per heavy atom. The second-order valence-corrected chi connectivity index (χ2v) is 5.44. The molecular formula is C15H23NO4. The van der Waals surface area contributed by atoms with Crippen molar-refractivity contribution in [3.8, 4) is 0 Å². The lowest BCUT2D eigenvalue weighted by Gasteiger charge is -2.16. The SMILES string of the molecule is Cc1ccc(C)c(CNC[C@H]2O[C@H](CO)[C@@H](O)[C@@H]2O)c1. The Bertz CT molecular complexity index is 451. The molecule has 1 aromatic rings. The average Bonchev–Trinajstić information content (AvgIpc) is 2.70. The fourth-order valence-electron chi connectivity index (χ4n) is 2.49. The van der Waals surface area contributed by atoms with Gasteiger partial charge in [0.1, 0.15) is 18.3 Å². The van der Waals surface area contributed by atoms with E-state index in [1.807, 2.05) is 0 Å². The Morgan fingerprint density at radius 1 is 1.15 bits per heavy atom. The third-order valence-electron chi connectivity index (χ3n) is 3.81. The number of hydrogen-bond acceptors (Lipinski definition) is 5. The van der Waals surface area contributed by atoms with Crippen molar-refractivity contribution in [2.45, 2.75) is 44.8 Å². The lowest BCUT2D eigenvalue weighted by atomic mass is 10.1. The number of rotatable bonds is 5. The van der Waals surface area contributed by atoms with E-state index in [0.717, 1.165) is 0 Å². The molecule has 0 aliphatic carbocycles. The van der Waals surface area contributed by atoms with Crippen molar-refractivity contribution in [3.05, 3.63) is 34.9 Å². The number of hydrogen-bond donors (Lipinski definition) is 4. The monoisotopic (exact) mass is 281 g/mol. The van der Waals surface area contributed by atoms with Crippen molar-refractivity contribution in [1.82, 2.24) is 5.32 Å². The van der Waals surface area contributed by atoms with Gasteiger partial charge in [-0.05, 0) is 25.0 Å². The molecule has 0 radical (unpaired) electrons. The van der Waals surface area contributed by atoms with Crippen LogP contribution in [-0.2, 0) is 11.3 Å². The number of benzene rings is 1. The maximum atomic E-state index is 9.83. The first kappa shape index (κ1) is 15.4. The number of ether oxygens (including phenoxy) is 1. The van der Waals surface area contributed by atoms with Gasteiger partial charge in [-0.25, -0.2) is 0 Å². The molecule has 5 heteroatoms. The molecule has 1 aromatic carbocycles. The van der Waals surface area contributed by atoms with Crippen LogP contribution in [0.4, 0.5) is 0 Å². The minimum Gasteiger partial charge on any atom is -0.394 e. The van der Waals surface area contributed by atoms with Gasteiger partial charge in [0.2, 0.25) is 0 Å². The van der Waals surface area contributed by atoms with Crippen molar-refractivity contribution in [1.29, 1.82) is 0 Å². The fraction of sp³-hybridized carbons (Fsp3) is 0.600. The maximum Gasteiger partial charge on any atom is 0.111 e. The van der Waals surface area contributed by atoms with Gasteiger partial charge < -0.3 is 25.4 Å². The quantitative estimate of drug-likeness (QED) is 0.605. The van der Waals surface area contributed by atoms with Crippen molar-refractivity contribution in [2.24, 2.45) is 0 Å². The Hall–Kier alpha value is -0.980. The summed E-state index contributed by atoms with van der Waals surface area (Å²) in [5.41, 5.74) is 3.63.